The normalized spacial score (nSPS) is 18.1. The predicted octanol–water partition coefficient (Wildman–Crippen LogP) is 5.10. The Morgan fingerprint density at radius 3 is 2.48 bits per heavy atom. The highest BCUT2D eigenvalue weighted by Crippen LogP contribution is 2.47. The van der Waals surface area contributed by atoms with Crippen molar-refractivity contribution < 1.29 is 9.47 Å². The molecule has 0 bridgehead atoms. The minimum Gasteiger partial charge on any atom is -0.495 e. The van der Waals surface area contributed by atoms with E-state index in [-0.39, 0.29) is 0 Å². The number of pyridine rings is 1. The van der Waals surface area contributed by atoms with Gasteiger partial charge < -0.3 is 9.47 Å². The Kier molecular flexibility index (Phi) is 5.92. The fourth-order valence-electron chi connectivity index (χ4n) is 3.48. The summed E-state index contributed by atoms with van der Waals surface area (Å²) in [7, 11) is 1.63. The van der Waals surface area contributed by atoms with E-state index in [1.165, 1.54) is 0 Å². The molecule has 1 aromatic carbocycles. The lowest BCUT2D eigenvalue weighted by Gasteiger charge is -2.12. The molecule has 3 aromatic rings. The fourth-order valence-corrected chi connectivity index (χ4v) is 3.48. The van der Waals surface area contributed by atoms with E-state index in [1.54, 1.807) is 31.6 Å². The van der Waals surface area contributed by atoms with E-state index in [0.717, 1.165) is 29.0 Å². The standard InChI is InChI=1S/C22H23N7O2/c1-13-25-11-19(14-3-5-15(6-4-14)21(28-23)29-24)22(27-13)31-12-16-9-18(16)20-8-7-17(30-2)10-26-20/h3-8,10-11,16,18,21,23-24H,9,12H2,1-2H3. The Morgan fingerprint density at radius 2 is 1.84 bits per heavy atom. The lowest BCUT2D eigenvalue weighted by atomic mass is 10.1. The van der Waals surface area contributed by atoms with Crippen molar-refractivity contribution in [1.82, 2.24) is 15.0 Å². The zero-order chi connectivity index (χ0) is 21.8. The number of nitrogens with zero attached hydrogens (tertiary/aromatic N) is 5. The van der Waals surface area contributed by atoms with Gasteiger partial charge in [-0.2, -0.15) is 15.2 Å². The summed E-state index contributed by atoms with van der Waals surface area (Å²) in [5.41, 5.74) is 17.7. The van der Waals surface area contributed by atoms with E-state index in [4.69, 9.17) is 20.5 Å². The molecule has 31 heavy (non-hydrogen) atoms. The summed E-state index contributed by atoms with van der Waals surface area (Å²) < 4.78 is 11.3. The summed E-state index contributed by atoms with van der Waals surface area (Å²) in [5, 5.41) is 6.68. The number of rotatable bonds is 9. The molecule has 0 spiro atoms. The molecule has 2 heterocycles. The number of hydrogen-bond donors (Lipinski definition) is 2. The maximum Gasteiger partial charge on any atom is 0.224 e. The second-order valence-electron chi connectivity index (χ2n) is 7.43. The number of benzene rings is 1. The van der Waals surface area contributed by atoms with Crippen molar-refractivity contribution >= 4 is 0 Å². The van der Waals surface area contributed by atoms with Crippen LogP contribution in [-0.4, -0.2) is 28.7 Å². The number of aromatic nitrogens is 3. The zero-order valence-corrected chi connectivity index (χ0v) is 17.3. The van der Waals surface area contributed by atoms with Crippen LogP contribution < -0.4 is 9.47 Å². The van der Waals surface area contributed by atoms with Gasteiger partial charge in [-0.25, -0.2) is 16.0 Å². The highest BCUT2D eigenvalue weighted by atomic mass is 16.5. The Bertz CT molecular complexity index is 1060. The molecule has 1 aliphatic rings. The second kappa shape index (κ2) is 8.95. The lowest BCUT2D eigenvalue weighted by Crippen LogP contribution is -2.05. The van der Waals surface area contributed by atoms with Gasteiger partial charge in [-0.3, -0.25) is 4.98 Å². The van der Waals surface area contributed by atoms with Gasteiger partial charge in [0.15, 0.2) is 0 Å². The van der Waals surface area contributed by atoms with Crippen LogP contribution in [-0.2, 0) is 0 Å². The zero-order valence-electron chi connectivity index (χ0n) is 17.3. The molecular formula is C22H23N7O2. The molecule has 4 rings (SSSR count). The number of methoxy groups -OCH3 is 1. The van der Waals surface area contributed by atoms with Crippen LogP contribution in [0.15, 0.2) is 59.0 Å². The van der Waals surface area contributed by atoms with Gasteiger partial charge in [0.1, 0.15) is 11.6 Å². The van der Waals surface area contributed by atoms with Crippen LogP contribution in [0.25, 0.3) is 11.1 Å². The van der Waals surface area contributed by atoms with Crippen LogP contribution in [0.1, 0.15) is 35.6 Å². The van der Waals surface area contributed by atoms with E-state index in [2.05, 4.69) is 25.2 Å². The van der Waals surface area contributed by atoms with Gasteiger partial charge in [-0.1, -0.05) is 24.3 Å². The van der Waals surface area contributed by atoms with Crippen LogP contribution >= 0.6 is 0 Å². The van der Waals surface area contributed by atoms with Crippen molar-refractivity contribution in [3.05, 3.63) is 65.9 Å². The van der Waals surface area contributed by atoms with Gasteiger partial charge in [-0.15, -0.1) is 0 Å². The highest BCUT2D eigenvalue weighted by molar-refractivity contribution is 5.68. The summed E-state index contributed by atoms with van der Waals surface area (Å²) in [4.78, 5) is 13.3. The van der Waals surface area contributed by atoms with Crippen LogP contribution in [0.4, 0.5) is 0 Å². The molecule has 2 atom stereocenters. The van der Waals surface area contributed by atoms with E-state index in [1.807, 2.05) is 31.2 Å². The third-order valence-electron chi connectivity index (χ3n) is 5.37. The molecule has 1 saturated carbocycles. The first-order valence-corrected chi connectivity index (χ1v) is 9.92. The molecule has 0 aliphatic heterocycles. The van der Waals surface area contributed by atoms with E-state index >= 15 is 0 Å². The maximum absolute atomic E-state index is 7.13. The van der Waals surface area contributed by atoms with Gasteiger partial charge in [0, 0.05) is 29.3 Å². The SMILES string of the molecule is COc1ccc(C2CC2COc2nc(C)ncc2-c2ccc(C(N=N)N=N)cc2)nc1. The molecule has 9 heteroatoms. The monoisotopic (exact) mass is 417 g/mol. The van der Waals surface area contributed by atoms with Crippen molar-refractivity contribution in [3.63, 3.8) is 0 Å². The molecule has 2 unspecified atom stereocenters. The minimum atomic E-state index is -0.808. The first-order chi connectivity index (χ1) is 15.1. The highest BCUT2D eigenvalue weighted by Gasteiger charge is 2.40. The Balaban J connectivity index is 1.46. The number of ether oxygens (including phenoxy) is 2. The third-order valence-corrected chi connectivity index (χ3v) is 5.37. The molecule has 0 saturated heterocycles. The topological polar surface area (TPSA) is 130 Å². The van der Waals surface area contributed by atoms with Crippen LogP contribution in [0.2, 0.25) is 0 Å². The van der Waals surface area contributed by atoms with E-state index in [9.17, 15) is 0 Å². The van der Waals surface area contributed by atoms with Gasteiger partial charge in [0.2, 0.25) is 12.0 Å². The molecule has 9 nitrogen and oxygen atoms in total. The predicted molar refractivity (Wildman–Crippen MR) is 112 cm³/mol. The van der Waals surface area contributed by atoms with Crippen LogP contribution in [0.3, 0.4) is 0 Å². The first-order valence-electron chi connectivity index (χ1n) is 9.92. The third kappa shape index (κ3) is 4.55. The van der Waals surface area contributed by atoms with Gasteiger partial charge >= 0.3 is 0 Å². The molecule has 2 aromatic heterocycles. The first kappa shape index (κ1) is 20.5. The fraction of sp³-hybridized carbons (Fsp3) is 0.318. The van der Waals surface area contributed by atoms with Gasteiger partial charge in [0.25, 0.3) is 0 Å². The van der Waals surface area contributed by atoms with Crippen molar-refractivity contribution in [2.75, 3.05) is 13.7 Å². The molecule has 1 fully saturated rings. The van der Waals surface area contributed by atoms with Crippen molar-refractivity contribution in [3.8, 4) is 22.8 Å². The quantitative estimate of drug-likeness (QED) is 0.468. The average molecular weight is 417 g/mol. The molecule has 0 radical (unpaired) electrons. The molecule has 158 valence electrons. The Hall–Kier alpha value is -3.75. The molecular weight excluding hydrogens is 394 g/mol. The molecule has 1 aliphatic carbocycles. The van der Waals surface area contributed by atoms with Crippen molar-refractivity contribution in [2.24, 2.45) is 16.1 Å². The second-order valence-corrected chi connectivity index (χ2v) is 7.43. The van der Waals surface area contributed by atoms with Crippen molar-refractivity contribution in [1.29, 1.82) is 11.1 Å². The van der Waals surface area contributed by atoms with Crippen molar-refractivity contribution in [2.45, 2.75) is 25.4 Å². The minimum absolute atomic E-state index is 0.385. The Labute approximate surface area is 179 Å². The smallest absolute Gasteiger partial charge is 0.224 e. The summed E-state index contributed by atoms with van der Waals surface area (Å²) in [6.07, 6.45) is 3.72. The van der Waals surface area contributed by atoms with Gasteiger partial charge in [0.05, 0.1) is 25.5 Å². The summed E-state index contributed by atoms with van der Waals surface area (Å²) in [6.45, 7) is 2.38. The molecule has 0 amide bonds. The maximum atomic E-state index is 7.13. The summed E-state index contributed by atoms with van der Waals surface area (Å²) in [5.74, 6) is 2.71. The largest absolute Gasteiger partial charge is 0.495 e. The van der Waals surface area contributed by atoms with E-state index < -0.39 is 6.17 Å². The van der Waals surface area contributed by atoms with Crippen LogP contribution in [0, 0.1) is 23.9 Å². The lowest BCUT2D eigenvalue weighted by molar-refractivity contribution is 0.285. The average Bonchev–Trinajstić information content (AvgIpc) is 3.59. The van der Waals surface area contributed by atoms with Gasteiger partial charge in [-0.05, 0) is 31.0 Å². The van der Waals surface area contributed by atoms with E-state index in [0.29, 0.717) is 35.7 Å². The van der Waals surface area contributed by atoms with Crippen LogP contribution in [0.5, 0.6) is 11.6 Å². The Morgan fingerprint density at radius 1 is 1.06 bits per heavy atom. The summed E-state index contributed by atoms with van der Waals surface area (Å²) >= 11 is 0. The number of aryl methyl sites for hydroxylation is 1. The molecule has 2 N–H and O–H groups in total. The number of nitrogens with one attached hydrogen (secondary N) is 2. The summed E-state index contributed by atoms with van der Waals surface area (Å²) in [6, 6.07) is 11.3. The number of hydrogen-bond acceptors (Lipinski definition) is 9.